The highest BCUT2D eigenvalue weighted by molar-refractivity contribution is 5.69. The molecule has 0 radical (unpaired) electrons. The topological polar surface area (TPSA) is 96.9 Å². The molecule has 0 aromatic carbocycles. The van der Waals surface area contributed by atoms with E-state index in [9.17, 15) is 14.4 Å². The first kappa shape index (κ1) is 12.3. The smallest absolute Gasteiger partial charge is 0.344 e. The molecule has 0 aliphatic carbocycles. The van der Waals surface area contributed by atoms with E-state index in [1.807, 2.05) is 0 Å². The molecule has 1 heterocycles. The molecule has 16 heavy (non-hydrogen) atoms. The highest BCUT2D eigenvalue weighted by Gasteiger charge is 2.16. The van der Waals surface area contributed by atoms with Gasteiger partial charge in [-0.15, -0.1) is 0 Å². The minimum atomic E-state index is -0.563. The number of nitrogens with zero attached hydrogens (tertiary/aromatic N) is 1. The largest absolute Gasteiger partial charge is 0.460 e. The minimum absolute atomic E-state index is 0.00653. The summed E-state index contributed by atoms with van der Waals surface area (Å²) in [7, 11) is 0. The fraction of sp³-hybridized carbons (Fsp3) is 0.667. The second kappa shape index (κ2) is 4.38. The summed E-state index contributed by atoms with van der Waals surface area (Å²) < 4.78 is 5.95. The van der Waals surface area contributed by atoms with Crippen molar-refractivity contribution < 1.29 is 9.53 Å². The Balaban J connectivity index is 2.56. The minimum Gasteiger partial charge on any atom is -0.460 e. The number of hydrogen-bond acceptors (Lipinski definition) is 4. The summed E-state index contributed by atoms with van der Waals surface area (Å²) in [4.78, 5) is 33.4. The number of rotatable bonds is 3. The number of carbonyl (C=O) groups excluding carboxylic acids is 1. The molecule has 0 saturated carbocycles. The first-order chi connectivity index (χ1) is 7.29. The van der Waals surface area contributed by atoms with Crippen LogP contribution in [0.15, 0.2) is 9.59 Å². The molecular weight excluding hydrogens is 214 g/mol. The van der Waals surface area contributed by atoms with Crippen molar-refractivity contribution in [3.05, 3.63) is 21.0 Å². The van der Waals surface area contributed by atoms with Crippen LogP contribution in [0.1, 0.15) is 27.2 Å². The van der Waals surface area contributed by atoms with Crippen LogP contribution in [0.2, 0.25) is 0 Å². The number of H-pyrrole nitrogens is 2. The predicted octanol–water partition coefficient (Wildman–Crippen LogP) is -0.403. The van der Waals surface area contributed by atoms with E-state index in [1.165, 1.54) is 0 Å². The molecule has 0 aliphatic heterocycles. The molecule has 0 saturated heterocycles. The first-order valence-electron chi connectivity index (χ1n) is 4.89. The molecule has 0 aliphatic rings. The normalized spacial score (nSPS) is 11.4. The zero-order valence-electron chi connectivity index (χ0n) is 9.49. The zero-order valence-corrected chi connectivity index (χ0v) is 9.49. The van der Waals surface area contributed by atoms with E-state index in [4.69, 9.17) is 4.74 Å². The van der Waals surface area contributed by atoms with E-state index in [0.717, 1.165) is 4.57 Å². The maximum Gasteiger partial charge on any atom is 0.344 e. The number of aromatic nitrogens is 3. The molecule has 90 valence electrons. The highest BCUT2D eigenvalue weighted by atomic mass is 16.6. The standard InChI is InChI=1S/C9H15N3O4/c1-9(2,3)16-6(13)4-5-12-7(14)10-11-8(12)15/h4-5H2,1-3H3,(H,10,14)(H,11,15). The number of esters is 1. The van der Waals surface area contributed by atoms with Gasteiger partial charge in [0, 0.05) is 6.54 Å². The van der Waals surface area contributed by atoms with E-state index in [0.29, 0.717) is 0 Å². The molecule has 2 N–H and O–H groups in total. The lowest BCUT2D eigenvalue weighted by Crippen LogP contribution is -2.30. The van der Waals surface area contributed by atoms with Crippen molar-refractivity contribution in [1.29, 1.82) is 0 Å². The summed E-state index contributed by atoms with van der Waals surface area (Å²) in [5, 5.41) is 4.25. The van der Waals surface area contributed by atoms with Crippen molar-refractivity contribution in [3.63, 3.8) is 0 Å². The third-order valence-corrected chi connectivity index (χ3v) is 1.73. The summed E-state index contributed by atoms with van der Waals surface area (Å²) in [5.41, 5.74) is -1.69. The van der Waals surface area contributed by atoms with Crippen LogP contribution in [-0.4, -0.2) is 26.3 Å². The number of nitrogens with one attached hydrogen (secondary N) is 2. The van der Waals surface area contributed by atoms with E-state index in [-0.39, 0.29) is 13.0 Å². The van der Waals surface area contributed by atoms with Gasteiger partial charge in [-0.3, -0.25) is 4.79 Å². The van der Waals surface area contributed by atoms with Crippen LogP contribution in [0.3, 0.4) is 0 Å². The third-order valence-electron chi connectivity index (χ3n) is 1.73. The van der Waals surface area contributed by atoms with Crippen molar-refractivity contribution in [2.75, 3.05) is 0 Å². The molecule has 0 bridgehead atoms. The van der Waals surface area contributed by atoms with Crippen LogP contribution in [0.5, 0.6) is 0 Å². The Morgan fingerprint density at radius 2 is 1.75 bits per heavy atom. The molecule has 0 unspecified atom stereocenters. The molecule has 0 atom stereocenters. The third kappa shape index (κ3) is 3.41. The van der Waals surface area contributed by atoms with E-state index < -0.39 is 22.9 Å². The Bertz CT molecular complexity index is 446. The maximum absolute atomic E-state index is 11.3. The Kier molecular flexibility index (Phi) is 3.36. The number of hydrogen-bond donors (Lipinski definition) is 2. The molecule has 0 amide bonds. The van der Waals surface area contributed by atoms with E-state index in [2.05, 4.69) is 10.2 Å². The molecular formula is C9H15N3O4. The second-order valence-electron chi connectivity index (χ2n) is 4.35. The fourth-order valence-corrected chi connectivity index (χ4v) is 1.13. The average Bonchev–Trinajstić information content (AvgIpc) is 2.41. The van der Waals surface area contributed by atoms with Crippen LogP contribution in [0, 0.1) is 0 Å². The molecule has 1 rings (SSSR count). The molecule has 1 aromatic heterocycles. The van der Waals surface area contributed by atoms with Crippen molar-refractivity contribution >= 4 is 5.97 Å². The maximum atomic E-state index is 11.3. The Hall–Kier alpha value is -1.79. The number of aromatic amines is 2. The van der Waals surface area contributed by atoms with Gasteiger partial charge in [-0.2, -0.15) is 0 Å². The monoisotopic (exact) mass is 229 g/mol. The van der Waals surface area contributed by atoms with Gasteiger partial charge in [-0.25, -0.2) is 24.4 Å². The molecule has 0 spiro atoms. The van der Waals surface area contributed by atoms with E-state index in [1.54, 1.807) is 20.8 Å². The Labute approximate surface area is 91.4 Å². The van der Waals surface area contributed by atoms with Gasteiger partial charge in [0.05, 0.1) is 6.42 Å². The number of carbonyl (C=O) groups is 1. The van der Waals surface area contributed by atoms with Crippen LogP contribution in [0.25, 0.3) is 0 Å². The molecule has 0 fully saturated rings. The molecule has 7 nitrogen and oxygen atoms in total. The Morgan fingerprint density at radius 3 is 2.19 bits per heavy atom. The summed E-state index contributed by atoms with van der Waals surface area (Å²) in [6.45, 7) is 5.26. The first-order valence-corrected chi connectivity index (χ1v) is 4.89. The summed E-state index contributed by atoms with van der Waals surface area (Å²) in [6, 6.07) is 0. The van der Waals surface area contributed by atoms with Gasteiger partial charge < -0.3 is 4.74 Å². The SMILES string of the molecule is CC(C)(C)OC(=O)CCn1c(=O)[nH][nH]c1=O. The molecule has 1 aromatic rings. The van der Waals surface area contributed by atoms with Gasteiger partial charge in [0.25, 0.3) is 0 Å². The fourth-order valence-electron chi connectivity index (χ4n) is 1.13. The average molecular weight is 229 g/mol. The quantitative estimate of drug-likeness (QED) is 0.689. The van der Waals surface area contributed by atoms with Gasteiger partial charge in [0.2, 0.25) is 0 Å². The second-order valence-corrected chi connectivity index (χ2v) is 4.35. The summed E-state index contributed by atoms with van der Waals surface area (Å²) in [6.07, 6.45) is -0.0158. The van der Waals surface area contributed by atoms with Crippen molar-refractivity contribution in [3.8, 4) is 0 Å². The molecule has 7 heteroatoms. The van der Waals surface area contributed by atoms with Gasteiger partial charge >= 0.3 is 17.3 Å². The van der Waals surface area contributed by atoms with Gasteiger partial charge in [0.15, 0.2) is 0 Å². The van der Waals surface area contributed by atoms with Crippen LogP contribution < -0.4 is 11.4 Å². The lowest BCUT2D eigenvalue weighted by Gasteiger charge is -2.19. The highest BCUT2D eigenvalue weighted by Crippen LogP contribution is 2.08. The summed E-state index contributed by atoms with van der Waals surface area (Å²) in [5.74, 6) is -0.444. The van der Waals surface area contributed by atoms with Crippen LogP contribution >= 0.6 is 0 Å². The van der Waals surface area contributed by atoms with Crippen molar-refractivity contribution in [1.82, 2.24) is 14.8 Å². The summed E-state index contributed by atoms with van der Waals surface area (Å²) >= 11 is 0. The van der Waals surface area contributed by atoms with Crippen molar-refractivity contribution in [2.24, 2.45) is 0 Å². The van der Waals surface area contributed by atoms with Crippen LogP contribution in [-0.2, 0) is 16.1 Å². The lowest BCUT2D eigenvalue weighted by atomic mass is 10.2. The van der Waals surface area contributed by atoms with Gasteiger partial charge in [-0.05, 0) is 20.8 Å². The van der Waals surface area contributed by atoms with Crippen molar-refractivity contribution in [2.45, 2.75) is 39.3 Å². The zero-order chi connectivity index (χ0) is 12.3. The lowest BCUT2D eigenvalue weighted by molar-refractivity contribution is -0.155. The van der Waals surface area contributed by atoms with Gasteiger partial charge in [-0.1, -0.05) is 0 Å². The predicted molar refractivity (Wildman–Crippen MR) is 56.1 cm³/mol. The van der Waals surface area contributed by atoms with Crippen LogP contribution in [0.4, 0.5) is 0 Å². The Morgan fingerprint density at radius 1 is 1.25 bits per heavy atom. The van der Waals surface area contributed by atoms with Gasteiger partial charge in [0.1, 0.15) is 5.60 Å². The number of ether oxygens (including phenoxy) is 1. The van der Waals surface area contributed by atoms with E-state index >= 15 is 0 Å².